The third-order valence-corrected chi connectivity index (χ3v) is 3.35. The van der Waals surface area contributed by atoms with Gasteiger partial charge in [-0.25, -0.2) is 0 Å². The zero-order valence-corrected chi connectivity index (χ0v) is 14.2. The molecular weight excluding hydrogens is 346 g/mol. The standard InChI is InChI=1S/C13H16F2N4S3/c1-8(2)7-16-12(20)18-19-13(21)17-9-3-5-10(6-4-9)22-11(14)15/h3-6,11H,1,7H2,2H3,(H2,16,18,20)(H2,17,19,21). The van der Waals surface area contributed by atoms with Gasteiger partial charge in [-0.15, -0.1) is 0 Å². The maximum atomic E-state index is 12.2. The van der Waals surface area contributed by atoms with Gasteiger partial charge in [0.25, 0.3) is 5.76 Å². The minimum atomic E-state index is -2.43. The molecule has 0 heterocycles. The maximum absolute atomic E-state index is 12.2. The van der Waals surface area contributed by atoms with E-state index >= 15 is 0 Å². The first-order chi connectivity index (χ1) is 10.4. The van der Waals surface area contributed by atoms with Crippen LogP contribution in [0.4, 0.5) is 14.5 Å². The van der Waals surface area contributed by atoms with Crippen molar-refractivity contribution in [1.29, 1.82) is 0 Å². The first kappa shape index (κ1) is 18.6. The largest absolute Gasteiger partial charge is 0.358 e. The molecule has 0 spiro atoms. The van der Waals surface area contributed by atoms with Gasteiger partial charge in [0.05, 0.1) is 0 Å². The predicted octanol–water partition coefficient (Wildman–Crippen LogP) is 3.24. The highest BCUT2D eigenvalue weighted by Gasteiger charge is 2.05. The van der Waals surface area contributed by atoms with Gasteiger partial charge in [-0.1, -0.05) is 23.9 Å². The monoisotopic (exact) mass is 362 g/mol. The molecule has 0 saturated heterocycles. The van der Waals surface area contributed by atoms with Crippen molar-refractivity contribution in [2.45, 2.75) is 17.6 Å². The van der Waals surface area contributed by atoms with Crippen LogP contribution in [0.3, 0.4) is 0 Å². The minimum absolute atomic E-state index is 0.300. The lowest BCUT2D eigenvalue weighted by Gasteiger charge is -2.14. The van der Waals surface area contributed by atoms with Gasteiger partial charge in [0, 0.05) is 17.1 Å². The van der Waals surface area contributed by atoms with E-state index in [9.17, 15) is 8.78 Å². The summed E-state index contributed by atoms with van der Waals surface area (Å²) in [5, 5.41) is 6.51. The average Bonchev–Trinajstić information content (AvgIpc) is 2.44. The zero-order valence-electron chi connectivity index (χ0n) is 11.8. The second-order valence-electron chi connectivity index (χ2n) is 4.25. The number of alkyl halides is 2. The zero-order chi connectivity index (χ0) is 16.5. The molecule has 0 amide bonds. The van der Waals surface area contributed by atoms with Crippen LogP contribution in [0.25, 0.3) is 0 Å². The number of benzene rings is 1. The summed E-state index contributed by atoms with van der Waals surface area (Å²) in [6, 6.07) is 6.51. The lowest BCUT2D eigenvalue weighted by atomic mass is 10.3. The van der Waals surface area contributed by atoms with Crippen LogP contribution in [0.15, 0.2) is 41.3 Å². The molecule has 0 atom stereocenters. The van der Waals surface area contributed by atoms with Gasteiger partial charge in [0.15, 0.2) is 10.2 Å². The molecule has 0 bridgehead atoms. The summed E-state index contributed by atoms with van der Waals surface area (Å²) in [6.07, 6.45) is 0. The van der Waals surface area contributed by atoms with Crippen molar-refractivity contribution < 1.29 is 8.78 Å². The van der Waals surface area contributed by atoms with Crippen molar-refractivity contribution in [2.24, 2.45) is 0 Å². The third kappa shape index (κ3) is 8.11. The first-order valence-electron chi connectivity index (χ1n) is 6.17. The van der Waals surface area contributed by atoms with Crippen LogP contribution in [0.1, 0.15) is 6.92 Å². The molecule has 0 unspecified atom stereocenters. The van der Waals surface area contributed by atoms with Crippen LogP contribution >= 0.6 is 36.2 Å². The summed E-state index contributed by atoms with van der Waals surface area (Å²) in [6.45, 7) is 6.19. The molecule has 4 nitrogen and oxygen atoms in total. The topological polar surface area (TPSA) is 48.1 Å². The summed E-state index contributed by atoms with van der Waals surface area (Å²) in [5.41, 5.74) is 7.06. The number of hydrogen-bond donors (Lipinski definition) is 4. The third-order valence-electron chi connectivity index (χ3n) is 2.18. The molecule has 0 radical (unpaired) electrons. The van der Waals surface area contributed by atoms with Gasteiger partial charge in [-0.2, -0.15) is 8.78 Å². The summed E-state index contributed by atoms with van der Waals surface area (Å²) in [7, 11) is 0. The molecule has 1 rings (SSSR count). The summed E-state index contributed by atoms with van der Waals surface area (Å²) in [5.74, 6) is -2.43. The Labute approximate surface area is 143 Å². The maximum Gasteiger partial charge on any atom is 0.288 e. The number of halogens is 2. The fourth-order valence-corrected chi connectivity index (χ4v) is 2.06. The number of hydrogen-bond acceptors (Lipinski definition) is 3. The molecule has 9 heteroatoms. The molecule has 0 fully saturated rings. The van der Waals surface area contributed by atoms with E-state index in [0.29, 0.717) is 39.1 Å². The van der Waals surface area contributed by atoms with Gasteiger partial charge in [0.1, 0.15) is 0 Å². The Morgan fingerprint density at radius 2 is 1.77 bits per heavy atom. The van der Waals surface area contributed by atoms with Crippen molar-refractivity contribution in [1.82, 2.24) is 16.2 Å². The van der Waals surface area contributed by atoms with E-state index in [0.717, 1.165) is 5.57 Å². The smallest absolute Gasteiger partial charge is 0.288 e. The van der Waals surface area contributed by atoms with Crippen LogP contribution in [-0.4, -0.2) is 22.5 Å². The van der Waals surface area contributed by atoms with Gasteiger partial charge < -0.3 is 10.6 Å². The second kappa shape index (κ2) is 9.54. The van der Waals surface area contributed by atoms with Gasteiger partial charge in [0.2, 0.25) is 0 Å². The number of nitrogens with one attached hydrogen (secondary N) is 4. The SMILES string of the molecule is C=C(C)CNC(=S)NNC(=S)Nc1ccc(SC(F)F)cc1. The fraction of sp³-hybridized carbons (Fsp3) is 0.231. The average molecular weight is 362 g/mol. The number of hydrazine groups is 1. The van der Waals surface area contributed by atoms with Crippen molar-refractivity contribution in [3.63, 3.8) is 0 Å². The molecule has 4 N–H and O–H groups in total. The Bertz CT molecular complexity index is 535. The Balaban J connectivity index is 2.35. The van der Waals surface area contributed by atoms with Gasteiger partial charge in [-0.3, -0.25) is 10.9 Å². The second-order valence-corrected chi connectivity index (χ2v) is 6.13. The highest BCUT2D eigenvalue weighted by atomic mass is 32.2. The number of thioether (sulfide) groups is 1. The van der Waals surface area contributed by atoms with Crippen LogP contribution in [0.5, 0.6) is 0 Å². The number of thiocarbonyl (C=S) groups is 2. The molecule has 1 aromatic carbocycles. The highest BCUT2D eigenvalue weighted by Crippen LogP contribution is 2.26. The van der Waals surface area contributed by atoms with Crippen molar-refractivity contribution in [2.75, 3.05) is 11.9 Å². The highest BCUT2D eigenvalue weighted by molar-refractivity contribution is 7.99. The molecule has 0 aliphatic heterocycles. The molecule has 0 aliphatic carbocycles. The Morgan fingerprint density at radius 1 is 1.18 bits per heavy atom. The Morgan fingerprint density at radius 3 is 2.32 bits per heavy atom. The van der Waals surface area contributed by atoms with Crippen LogP contribution < -0.4 is 21.5 Å². The number of rotatable bonds is 5. The van der Waals surface area contributed by atoms with Crippen LogP contribution in [-0.2, 0) is 0 Å². The van der Waals surface area contributed by atoms with E-state index in [1.165, 1.54) is 0 Å². The fourth-order valence-electron chi connectivity index (χ4n) is 1.27. The normalized spacial score (nSPS) is 10.0. The van der Waals surface area contributed by atoms with Gasteiger partial charge in [-0.05, 0) is 55.6 Å². The van der Waals surface area contributed by atoms with Crippen LogP contribution in [0, 0.1) is 0 Å². The van der Waals surface area contributed by atoms with E-state index in [2.05, 4.69) is 28.1 Å². The molecule has 120 valence electrons. The van der Waals surface area contributed by atoms with E-state index < -0.39 is 5.76 Å². The van der Waals surface area contributed by atoms with E-state index in [-0.39, 0.29) is 0 Å². The lowest BCUT2D eigenvalue weighted by molar-refractivity contribution is 0.252. The summed E-state index contributed by atoms with van der Waals surface area (Å²) in [4.78, 5) is 0.489. The quantitative estimate of drug-likeness (QED) is 0.278. The molecule has 22 heavy (non-hydrogen) atoms. The van der Waals surface area contributed by atoms with E-state index in [4.69, 9.17) is 24.4 Å². The van der Waals surface area contributed by atoms with Gasteiger partial charge >= 0.3 is 0 Å². The summed E-state index contributed by atoms with van der Waals surface area (Å²) < 4.78 is 24.4. The Hall–Kier alpha value is -1.45. The van der Waals surface area contributed by atoms with Crippen LogP contribution in [0.2, 0.25) is 0 Å². The van der Waals surface area contributed by atoms with Crippen molar-refractivity contribution in [3.05, 3.63) is 36.4 Å². The minimum Gasteiger partial charge on any atom is -0.358 e. The molecule has 1 aromatic rings. The van der Waals surface area contributed by atoms with Crippen molar-refractivity contribution in [3.8, 4) is 0 Å². The molecular formula is C13H16F2N4S3. The first-order valence-corrected chi connectivity index (χ1v) is 7.86. The van der Waals surface area contributed by atoms with Crippen molar-refractivity contribution >= 4 is 52.1 Å². The molecule has 0 aromatic heterocycles. The van der Waals surface area contributed by atoms with E-state index in [1.807, 2.05) is 6.92 Å². The summed E-state index contributed by atoms with van der Waals surface area (Å²) >= 11 is 10.6. The van der Waals surface area contributed by atoms with E-state index in [1.54, 1.807) is 24.3 Å². The number of anilines is 1. The molecule has 0 saturated carbocycles. The Kier molecular flexibility index (Phi) is 8.07. The lowest BCUT2D eigenvalue weighted by Crippen LogP contribution is -2.48. The predicted molar refractivity (Wildman–Crippen MR) is 96.2 cm³/mol. The molecule has 0 aliphatic rings.